The van der Waals surface area contributed by atoms with E-state index in [0.29, 0.717) is 25.3 Å². The van der Waals surface area contributed by atoms with Gasteiger partial charge in [0, 0.05) is 31.4 Å². The molecule has 0 aromatic heterocycles. The molecule has 8 heteroatoms. The van der Waals surface area contributed by atoms with Gasteiger partial charge in [-0.15, -0.1) is 0 Å². The Hall–Kier alpha value is -1.48. The van der Waals surface area contributed by atoms with Crippen molar-refractivity contribution in [2.45, 2.75) is 43.0 Å². The molecule has 2 aliphatic rings. The number of anilines is 1. The van der Waals surface area contributed by atoms with Crippen LogP contribution in [0.15, 0.2) is 23.1 Å². The molecule has 0 atom stereocenters. The average molecular weight is 381 g/mol. The molecule has 0 unspecified atom stereocenters. The van der Waals surface area contributed by atoms with E-state index in [-0.39, 0.29) is 23.5 Å². The van der Waals surface area contributed by atoms with Gasteiger partial charge < -0.3 is 15.3 Å². The van der Waals surface area contributed by atoms with Crippen LogP contribution in [0.2, 0.25) is 0 Å². The molecule has 0 spiro atoms. The number of likely N-dealkylation sites (N-methyl/N-ethyl adjacent to an activating group) is 1. The number of nitrogens with one attached hydrogen (secondary N) is 1. The van der Waals surface area contributed by atoms with E-state index in [9.17, 15) is 13.2 Å². The fourth-order valence-corrected chi connectivity index (χ4v) is 5.22. The molecule has 2 aliphatic heterocycles. The van der Waals surface area contributed by atoms with Gasteiger partial charge in [-0.3, -0.25) is 4.79 Å². The highest BCUT2D eigenvalue weighted by Crippen LogP contribution is 2.39. The molecule has 3 rings (SSSR count). The Morgan fingerprint density at radius 1 is 1.31 bits per heavy atom. The van der Waals surface area contributed by atoms with E-state index in [2.05, 4.69) is 10.2 Å². The Balaban J connectivity index is 1.78. The number of carbonyl (C=O) groups excluding carboxylic acids is 1. The van der Waals surface area contributed by atoms with Crippen LogP contribution >= 0.6 is 0 Å². The average Bonchev–Trinajstić information content (AvgIpc) is 2.84. The summed E-state index contributed by atoms with van der Waals surface area (Å²) in [5.74, 6) is -0.116. The second kappa shape index (κ2) is 6.92. The van der Waals surface area contributed by atoms with E-state index in [1.807, 2.05) is 7.05 Å². The summed E-state index contributed by atoms with van der Waals surface area (Å²) in [6, 6.07) is 5.16. The van der Waals surface area contributed by atoms with E-state index in [1.165, 1.54) is 4.31 Å². The largest absolute Gasteiger partial charge is 0.395 e. The maximum absolute atomic E-state index is 13.0. The molecule has 0 bridgehead atoms. The number of aliphatic hydroxyl groups is 1. The number of piperidine rings is 1. The lowest BCUT2D eigenvalue weighted by Gasteiger charge is -2.36. The SMILES string of the molecule is CN(CCO)C1CCN(S(=O)(=O)c2ccc3c(c2)C(C)(C)C(=O)N3)CC1. The molecular weight excluding hydrogens is 354 g/mol. The molecule has 2 N–H and O–H groups in total. The highest BCUT2D eigenvalue weighted by atomic mass is 32.2. The second-order valence-corrected chi connectivity index (χ2v) is 9.56. The molecule has 1 aromatic carbocycles. The summed E-state index contributed by atoms with van der Waals surface area (Å²) >= 11 is 0. The summed E-state index contributed by atoms with van der Waals surface area (Å²) < 4.78 is 27.6. The molecule has 0 radical (unpaired) electrons. The Kier molecular flexibility index (Phi) is 5.13. The lowest BCUT2D eigenvalue weighted by molar-refractivity contribution is -0.119. The van der Waals surface area contributed by atoms with Gasteiger partial charge in [0.2, 0.25) is 15.9 Å². The van der Waals surface area contributed by atoms with Crippen molar-refractivity contribution in [3.8, 4) is 0 Å². The van der Waals surface area contributed by atoms with Crippen LogP contribution in [0.4, 0.5) is 5.69 Å². The molecule has 144 valence electrons. The van der Waals surface area contributed by atoms with Crippen molar-refractivity contribution >= 4 is 21.6 Å². The summed E-state index contributed by atoms with van der Waals surface area (Å²) in [5.41, 5.74) is 0.672. The van der Waals surface area contributed by atoms with Gasteiger partial charge in [0.1, 0.15) is 0 Å². The van der Waals surface area contributed by atoms with Crippen LogP contribution in [-0.4, -0.2) is 68.0 Å². The van der Waals surface area contributed by atoms with Crippen molar-refractivity contribution in [1.82, 2.24) is 9.21 Å². The van der Waals surface area contributed by atoms with Crippen LogP contribution in [0.25, 0.3) is 0 Å². The van der Waals surface area contributed by atoms with E-state index < -0.39 is 15.4 Å². The first-order valence-electron chi connectivity index (χ1n) is 8.95. The minimum absolute atomic E-state index is 0.104. The van der Waals surface area contributed by atoms with Gasteiger partial charge in [-0.25, -0.2) is 8.42 Å². The van der Waals surface area contributed by atoms with Gasteiger partial charge in [-0.1, -0.05) is 0 Å². The summed E-state index contributed by atoms with van der Waals surface area (Å²) in [6.45, 7) is 5.21. The molecule has 0 saturated carbocycles. The lowest BCUT2D eigenvalue weighted by atomic mass is 9.86. The van der Waals surface area contributed by atoms with E-state index in [1.54, 1.807) is 32.0 Å². The minimum Gasteiger partial charge on any atom is -0.395 e. The summed E-state index contributed by atoms with van der Waals surface area (Å²) in [7, 11) is -1.63. The number of sulfonamides is 1. The van der Waals surface area contributed by atoms with Crippen LogP contribution < -0.4 is 5.32 Å². The van der Waals surface area contributed by atoms with Crippen molar-refractivity contribution in [1.29, 1.82) is 0 Å². The van der Waals surface area contributed by atoms with Crippen LogP contribution in [0.1, 0.15) is 32.3 Å². The number of nitrogens with zero attached hydrogens (tertiary/aromatic N) is 2. The Bertz CT molecular complexity index is 799. The number of hydrogen-bond acceptors (Lipinski definition) is 5. The molecule has 1 fully saturated rings. The quantitative estimate of drug-likeness (QED) is 0.794. The lowest BCUT2D eigenvalue weighted by Crippen LogP contribution is -2.46. The highest BCUT2D eigenvalue weighted by molar-refractivity contribution is 7.89. The van der Waals surface area contributed by atoms with Crippen LogP contribution in [-0.2, 0) is 20.2 Å². The first-order valence-corrected chi connectivity index (χ1v) is 10.4. The van der Waals surface area contributed by atoms with Gasteiger partial charge in [-0.05, 0) is 57.5 Å². The third kappa shape index (κ3) is 3.26. The van der Waals surface area contributed by atoms with Gasteiger partial charge >= 0.3 is 0 Å². The fraction of sp³-hybridized carbons (Fsp3) is 0.611. The Morgan fingerprint density at radius 3 is 2.58 bits per heavy atom. The molecule has 1 amide bonds. The maximum atomic E-state index is 13.0. The zero-order chi connectivity index (χ0) is 19.1. The third-order valence-electron chi connectivity index (χ3n) is 5.62. The number of carbonyl (C=O) groups is 1. The number of fused-ring (bicyclic) bond motifs is 1. The summed E-state index contributed by atoms with van der Waals surface area (Å²) in [4.78, 5) is 14.4. The number of amides is 1. The molecule has 7 nitrogen and oxygen atoms in total. The zero-order valence-corrected chi connectivity index (χ0v) is 16.3. The van der Waals surface area contributed by atoms with Crippen LogP contribution in [0.5, 0.6) is 0 Å². The first kappa shape index (κ1) is 19.3. The van der Waals surface area contributed by atoms with Crippen LogP contribution in [0.3, 0.4) is 0 Å². The van der Waals surface area contributed by atoms with Gasteiger partial charge in [-0.2, -0.15) is 4.31 Å². The number of hydrogen-bond donors (Lipinski definition) is 2. The fourth-order valence-electron chi connectivity index (χ4n) is 3.72. The molecule has 2 heterocycles. The molecular formula is C18H27N3O4S. The van der Waals surface area contributed by atoms with Gasteiger partial charge in [0.25, 0.3) is 0 Å². The smallest absolute Gasteiger partial charge is 0.243 e. The van der Waals surface area contributed by atoms with Crippen molar-refractivity contribution in [2.75, 3.05) is 38.6 Å². The molecule has 1 saturated heterocycles. The van der Waals surface area contributed by atoms with Crippen LogP contribution in [0, 0.1) is 0 Å². The number of aliphatic hydroxyl groups excluding tert-OH is 1. The van der Waals surface area contributed by atoms with Crippen molar-refractivity contribution in [3.05, 3.63) is 23.8 Å². The number of benzene rings is 1. The predicted octanol–water partition coefficient (Wildman–Crippen LogP) is 0.993. The topological polar surface area (TPSA) is 90.0 Å². The van der Waals surface area contributed by atoms with Crippen molar-refractivity contribution < 1.29 is 18.3 Å². The first-order chi connectivity index (χ1) is 12.2. The molecule has 1 aromatic rings. The standard InChI is InChI=1S/C18H27N3O4S/c1-18(2)15-12-14(4-5-16(15)19-17(18)23)26(24,25)21-8-6-13(7-9-21)20(3)10-11-22/h4-5,12-13,22H,6-11H2,1-3H3,(H,19,23). The van der Waals surface area contributed by atoms with E-state index in [0.717, 1.165) is 18.4 Å². The van der Waals surface area contributed by atoms with Gasteiger partial charge in [0.05, 0.1) is 16.9 Å². The van der Waals surface area contributed by atoms with E-state index >= 15 is 0 Å². The van der Waals surface area contributed by atoms with Gasteiger partial charge in [0.15, 0.2) is 0 Å². The van der Waals surface area contributed by atoms with Crippen molar-refractivity contribution in [2.24, 2.45) is 0 Å². The Labute approximate surface area is 155 Å². The zero-order valence-electron chi connectivity index (χ0n) is 15.5. The maximum Gasteiger partial charge on any atom is 0.243 e. The highest BCUT2D eigenvalue weighted by Gasteiger charge is 2.40. The second-order valence-electron chi connectivity index (χ2n) is 7.63. The summed E-state index contributed by atoms with van der Waals surface area (Å²) in [5, 5.41) is 11.9. The minimum atomic E-state index is -3.59. The molecule has 26 heavy (non-hydrogen) atoms. The third-order valence-corrected chi connectivity index (χ3v) is 7.51. The van der Waals surface area contributed by atoms with Crippen molar-refractivity contribution in [3.63, 3.8) is 0 Å². The van der Waals surface area contributed by atoms with E-state index in [4.69, 9.17) is 5.11 Å². The summed E-state index contributed by atoms with van der Waals surface area (Å²) in [6.07, 6.45) is 1.48. The predicted molar refractivity (Wildman–Crippen MR) is 99.6 cm³/mol. The number of rotatable bonds is 5. The normalized spacial score (nSPS) is 21.0. The monoisotopic (exact) mass is 381 g/mol. The Morgan fingerprint density at radius 2 is 1.96 bits per heavy atom. The molecule has 0 aliphatic carbocycles.